The van der Waals surface area contributed by atoms with Gasteiger partial charge in [-0.15, -0.1) is 0 Å². The van der Waals surface area contributed by atoms with Crippen LogP contribution in [0.1, 0.15) is 38.8 Å². The topological polar surface area (TPSA) is 128 Å². The molecule has 1 aromatic rings. The molecule has 1 aliphatic carbocycles. The standard InChI is InChI=1S/C16H25NO5.C3H9N/c1-9(2)17-7-10(18)8-22-16-4-3-13(19)11-5-14(20)15(21)6-12(11)16;1-3(2)4/h3-4,9-10,14-15,17-21H,5-8H2,1-2H3;3H,4H2,1-2H3/t10?,14-,15+;/m0./s1. The molecule has 1 unspecified atom stereocenters. The highest BCUT2D eigenvalue weighted by molar-refractivity contribution is 5.50. The molecular formula is C19H34N2O5. The van der Waals surface area contributed by atoms with Gasteiger partial charge < -0.3 is 36.2 Å². The van der Waals surface area contributed by atoms with Crippen molar-refractivity contribution in [1.82, 2.24) is 5.32 Å². The lowest BCUT2D eigenvalue weighted by molar-refractivity contribution is 0.0127. The number of rotatable bonds is 6. The molecule has 7 nitrogen and oxygen atoms in total. The summed E-state index contributed by atoms with van der Waals surface area (Å²) in [5.74, 6) is 0.623. The fraction of sp³-hybridized carbons (Fsp3) is 0.684. The van der Waals surface area contributed by atoms with Crippen LogP contribution in [0.2, 0.25) is 0 Å². The van der Waals surface area contributed by atoms with Crippen LogP contribution in [0.25, 0.3) is 0 Å². The van der Waals surface area contributed by atoms with Crippen LogP contribution in [0.4, 0.5) is 0 Å². The quantitative estimate of drug-likeness (QED) is 0.425. The van der Waals surface area contributed by atoms with Crippen molar-refractivity contribution in [2.45, 2.75) is 70.9 Å². The molecule has 1 aliphatic rings. The smallest absolute Gasteiger partial charge is 0.123 e. The summed E-state index contributed by atoms with van der Waals surface area (Å²) in [6.45, 7) is 8.43. The van der Waals surface area contributed by atoms with Crippen molar-refractivity contribution >= 4 is 0 Å². The number of fused-ring (bicyclic) bond motifs is 1. The number of aliphatic hydroxyl groups excluding tert-OH is 3. The van der Waals surface area contributed by atoms with E-state index in [1.54, 1.807) is 6.07 Å². The van der Waals surface area contributed by atoms with Crippen LogP contribution < -0.4 is 15.8 Å². The Morgan fingerprint density at radius 1 is 1.12 bits per heavy atom. The Labute approximate surface area is 155 Å². The molecule has 1 aromatic carbocycles. The number of nitrogens with one attached hydrogen (secondary N) is 1. The van der Waals surface area contributed by atoms with Gasteiger partial charge in [0.1, 0.15) is 24.2 Å². The molecule has 0 amide bonds. The van der Waals surface area contributed by atoms with E-state index in [2.05, 4.69) is 5.32 Å². The highest BCUT2D eigenvalue weighted by atomic mass is 16.5. The average Bonchev–Trinajstić information content (AvgIpc) is 2.53. The lowest BCUT2D eigenvalue weighted by Gasteiger charge is -2.28. The van der Waals surface area contributed by atoms with Crippen LogP contribution in [0.5, 0.6) is 11.5 Å². The number of phenols is 1. The summed E-state index contributed by atoms with van der Waals surface area (Å²) in [6, 6.07) is 3.76. The van der Waals surface area contributed by atoms with Crippen LogP contribution >= 0.6 is 0 Å². The normalized spacial score (nSPS) is 20.4. The second kappa shape index (κ2) is 10.7. The van der Waals surface area contributed by atoms with Crippen LogP contribution in [-0.4, -0.2) is 64.0 Å². The maximum atomic E-state index is 9.90. The summed E-state index contributed by atoms with van der Waals surface area (Å²) in [7, 11) is 0. The van der Waals surface area contributed by atoms with E-state index < -0.39 is 18.3 Å². The lowest BCUT2D eigenvalue weighted by atomic mass is 9.86. The largest absolute Gasteiger partial charge is 0.508 e. The Bertz CT molecular complexity index is 548. The first-order chi connectivity index (χ1) is 12.1. The maximum absolute atomic E-state index is 9.90. The molecule has 0 aromatic heterocycles. The predicted octanol–water partition coefficient (Wildman–Crippen LogP) is 0.304. The van der Waals surface area contributed by atoms with Gasteiger partial charge in [-0.25, -0.2) is 0 Å². The van der Waals surface area contributed by atoms with Gasteiger partial charge in [0.05, 0.1) is 12.2 Å². The van der Waals surface area contributed by atoms with Crippen molar-refractivity contribution in [3.63, 3.8) is 0 Å². The number of benzene rings is 1. The molecule has 0 aliphatic heterocycles. The summed E-state index contributed by atoms with van der Waals surface area (Å²) in [5, 5.41) is 42.5. The Hall–Kier alpha value is -1.38. The predicted molar refractivity (Wildman–Crippen MR) is 101 cm³/mol. The van der Waals surface area contributed by atoms with Gasteiger partial charge in [-0.05, 0) is 18.2 Å². The van der Waals surface area contributed by atoms with Crippen molar-refractivity contribution in [3.05, 3.63) is 23.3 Å². The van der Waals surface area contributed by atoms with Gasteiger partial charge in [-0.3, -0.25) is 0 Å². The average molecular weight is 370 g/mol. The highest BCUT2D eigenvalue weighted by Crippen LogP contribution is 2.35. The van der Waals surface area contributed by atoms with E-state index in [0.717, 1.165) is 0 Å². The Balaban J connectivity index is 0.000000765. The fourth-order valence-corrected chi connectivity index (χ4v) is 2.55. The van der Waals surface area contributed by atoms with Gasteiger partial charge in [0.15, 0.2) is 0 Å². The van der Waals surface area contributed by atoms with E-state index in [9.17, 15) is 20.4 Å². The van der Waals surface area contributed by atoms with Crippen LogP contribution in [-0.2, 0) is 12.8 Å². The van der Waals surface area contributed by atoms with Gasteiger partial charge >= 0.3 is 0 Å². The number of hydrogen-bond acceptors (Lipinski definition) is 7. The molecular weight excluding hydrogens is 336 g/mol. The second-order valence-corrected chi connectivity index (χ2v) is 7.35. The molecule has 0 spiro atoms. The minimum absolute atomic E-state index is 0.0929. The zero-order valence-electron chi connectivity index (χ0n) is 16.1. The number of nitrogens with two attached hydrogens (primary N) is 1. The number of ether oxygens (including phenoxy) is 1. The third-order valence-corrected chi connectivity index (χ3v) is 3.83. The molecule has 2 rings (SSSR count). The van der Waals surface area contributed by atoms with Gasteiger partial charge in [0, 0.05) is 36.6 Å². The Morgan fingerprint density at radius 3 is 2.19 bits per heavy atom. The van der Waals surface area contributed by atoms with Crippen molar-refractivity contribution in [2.75, 3.05) is 13.2 Å². The zero-order chi connectivity index (χ0) is 19.9. The van der Waals surface area contributed by atoms with E-state index in [4.69, 9.17) is 10.5 Å². The molecule has 0 saturated heterocycles. The van der Waals surface area contributed by atoms with Crippen molar-refractivity contribution in [2.24, 2.45) is 5.73 Å². The highest BCUT2D eigenvalue weighted by Gasteiger charge is 2.29. The molecule has 0 bridgehead atoms. The second-order valence-electron chi connectivity index (χ2n) is 7.35. The molecule has 0 fully saturated rings. The number of aromatic hydroxyl groups is 1. The van der Waals surface area contributed by atoms with Crippen molar-refractivity contribution in [1.29, 1.82) is 0 Å². The molecule has 0 radical (unpaired) electrons. The van der Waals surface area contributed by atoms with Crippen LogP contribution in [0, 0.1) is 0 Å². The van der Waals surface area contributed by atoms with Crippen molar-refractivity contribution in [3.8, 4) is 11.5 Å². The summed E-state index contributed by atoms with van der Waals surface area (Å²) < 4.78 is 5.64. The van der Waals surface area contributed by atoms with Crippen LogP contribution in [0.3, 0.4) is 0 Å². The Kier molecular flexibility index (Phi) is 9.32. The number of phenolic OH excluding ortho intramolecular Hbond substituents is 1. The zero-order valence-corrected chi connectivity index (χ0v) is 16.1. The van der Waals surface area contributed by atoms with E-state index in [1.807, 2.05) is 27.7 Å². The molecule has 7 heteroatoms. The van der Waals surface area contributed by atoms with Gasteiger partial charge in [-0.2, -0.15) is 0 Å². The van der Waals surface area contributed by atoms with Gasteiger partial charge in [0.25, 0.3) is 0 Å². The number of hydrogen-bond donors (Lipinski definition) is 6. The fourth-order valence-electron chi connectivity index (χ4n) is 2.55. The van der Waals surface area contributed by atoms with E-state index in [-0.39, 0.29) is 31.2 Å². The van der Waals surface area contributed by atoms with Crippen molar-refractivity contribution < 1.29 is 25.2 Å². The first-order valence-corrected chi connectivity index (χ1v) is 9.11. The summed E-state index contributed by atoms with van der Waals surface area (Å²) >= 11 is 0. The van der Waals surface area contributed by atoms with Gasteiger partial charge in [0.2, 0.25) is 0 Å². The first kappa shape index (κ1) is 22.7. The maximum Gasteiger partial charge on any atom is 0.123 e. The minimum Gasteiger partial charge on any atom is -0.508 e. The molecule has 26 heavy (non-hydrogen) atoms. The number of aliphatic hydroxyl groups is 3. The molecule has 0 saturated carbocycles. The third-order valence-electron chi connectivity index (χ3n) is 3.83. The van der Waals surface area contributed by atoms with Gasteiger partial charge in [-0.1, -0.05) is 27.7 Å². The van der Waals surface area contributed by atoms with E-state index in [1.165, 1.54) is 6.07 Å². The summed E-state index contributed by atoms with van der Waals surface area (Å²) in [6.07, 6.45) is -1.98. The monoisotopic (exact) mass is 370 g/mol. The molecule has 3 atom stereocenters. The summed E-state index contributed by atoms with van der Waals surface area (Å²) in [4.78, 5) is 0. The SMILES string of the molecule is CC(C)N.CC(C)NCC(O)COc1ccc(O)c2c1C[C@@H](O)[C@@H](O)C2. The third kappa shape index (κ3) is 7.47. The molecule has 150 valence electrons. The lowest BCUT2D eigenvalue weighted by Crippen LogP contribution is -2.36. The van der Waals surface area contributed by atoms with E-state index >= 15 is 0 Å². The molecule has 0 heterocycles. The first-order valence-electron chi connectivity index (χ1n) is 9.11. The Morgan fingerprint density at radius 2 is 1.65 bits per heavy atom. The van der Waals surface area contributed by atoms with E-state index in [0.29, 0.717) is 29.5 Å². The molecule has 7 N–H and O–H groups in total. The van der Waals surface area contributed by atoms with Crippen LogP contribution in [0.15, 0.2) is 12.1 Å². The summed E-state index contributed by atoms with van der Waals surface area (Å²) in [5.41, 5.74) is 6.41. The minimum atomic E-state index is -0.880.